The van der Waals surface area contributed by atoms with E-state index in [4.69, 9.17) is 18.8 Å². The Hall–Kier alpha value is -7.54. The first-order valence-corrected chi connectivity index (χ1v) is 20.5. The monoisotopic (exact) mass is 775 g/mol. The average molecular weight is 776 g/mol. The van der Waals surface area contributed by atoms with Crippen LogP contribution in [0.25, 0.3) is 125 Å². The van der Waals surface area contributed by atoms with E-state index in [0.29, 0.717) is 5.82 Å². The highest BCUT2D eigenvalue weighted by Gasteiger charge is 2.23. The van der Waals surface area contributed by atoms with E-state index in [-0.39, 0.29) is 0 Å². The molecular weight excluding hydrogens is 743 g/mol. The van der Waals surface area contributed by atoms with Crippen molar-refractivity contribution in [3.8, 4) is 33.8 Å². The van der Waals surface area contributed by atoms with E-state index >= 15 is 0 Å². The summed E-state index contributed by atoms with van der Waals surface area (Å²) >= 11 is 1.70. The topological polar surface area (TPSA) is 57.0 Å². The van der Waals surface area contributed by atoms with Gasteiger partial charge in [0.2, 0.25) is 0 Å². The number of allylic oxidation sites excluding steroid dienone is 5. The van der Waals surface area contributed by atoms with Crippen molar-refractivity contribution < 1.29 is 8.83 Å². The summed E-state index contributed by atoms with van der Waals surface area (Å²) in [5.74, 6) is 0.659. The highest BCUT2D eigenvalue weighted by Crippen LogP contribution is 2.46. The Morgan fingerprint density at radius 2 is 1.19 bits per heavy atom. The molecule has 0 spiro atoms. The molecule has 0 atom stereocenters. The zero-order valence-electron chi connectivity index (χ0n) is 31.9. The van der Waals surface area contributed by atoms with E-state index in [9.17, 15) is 0 Å². The SMILES string of the molecule is C=C/C=C\C(=C/C)n1c2ccccc2c2cc(-c3ccc4sc5nc(-c6cccc7oc8ccccc8c67)nc(-c6cccc7oc8ccccc8c67)c5c4c3)ccc21. The second-order valence-corrected chi connectivity index (χ2v) is 15.9. The lowest BCUT2D eigenvalue weighted by Crippen LogP contribution is -1.94. The number of hydrogen-bond donors (Lipinski definition) is 0. The molecule has 0 fully saturated rings. The number of furan rings is 2. The molecule has 278 valence electrons. The lowest BCUT2D eigenvalue weighted by Gasteiger charge is -2.10. The third-order valence-electron chi connectivity index (χ3n) is 11.6. The maximum absolute atomic E-state index is 6.42. The smallest absolute Gasteiger partial charge is 0.162 e. The number of thiophene rings is 1. The maximum atomic E-state index is 6.42. The van der Waals surface area contributed by atoms with Crippen LogP contribution in [0.4, 0.5) is 0 Å². The van der Waals surface area contributed by atoms with Gasteiger partial charge in [-0.3, -0.25) is 0 Å². The first kappa shape index (κ1) is 33.6. The fourth-order valence-corrected chi connectivity index (χ4v) is 10.1. The Morgan fingerprint density at radius 1 is 0.576 bits per heavy atom. The minimum absolute atomic E-state index is 0.659. The second-order valence-electron chi connectivity index (χ2n) is 14.8. The summed E-state index contributed by atoms with van der Waals surface area (Å²) < 4.78 is 16.2. The summed E-state index contributed by atoms with van der Waals surface area (Å²) in [4.78, 5) is 11.9. The number of benzene rings is 7. The molecule has 0 N–H and O–H groups in total. The van der Waals surface area contributed by atoms with Crippen LogP contribution in [0.2, 0.25) is 0 Å². The van der Waals surface area contributed by atoms with Crippen LogP contribution in [0.3, 0.4) is 0 Å². The zero-order valence-corrected chi connectivity index (χ0v) is 32.8. The number of para-hydroxylation sites is 3. The molecule has 6 heteroatoms. The number of nitrogens with zero attached hydrogens (tertiary/aromatic N) is 3. The van der Waals surface area contributed by atoms with Crippen LogP contribution >= 0.6 is 11.3 Å². The van der Waals surface area contributed by atoms with Gasteiger partial charge in [0.15, 0.2) is 5.82 Å². The van der Waals surface area contributed by atoms with Gasteiger partial charge in [0, 0.05) is 64.6 Å². The molecule has 0 aliphatic heterocycles. The minimum Gasteiger partial charge on any atom is -0.456 e. The molecular formula is C53H33N3O2S. The van der Waals surface area contributed by atoms with Crippen molar-refractivity contribution in [2.75, 3.05) is 0 Å². The van der Waals surface area contributed by atoms with Crippen LogP contribution < -0.4 is 0 Å². The molecule has 0 bridgehead atoms. The van der Waals surface area contributed by atoms with Gasteiger partial charge in [0.25, 0.3) is 0 Å². The molecule has 0 aliphatic rings. The number of hydrogen-bond acceptors (Lipinski definition) is 5. The summed E-state index contributed by atoms with van der Waals surface area (Å²) in [6.07, 6.45) is 8.06. The Kier molecular flexibility index (Phi) is 7.40. The molecule has 0 amide bonds. The summed E-state index contributed by atoms with van der Waals surface area (Å²) in [5, 5.41) is 8.72. The molecule has 0 saturated carbocycles. The van der Waals surface area contributed by atoms with E-state index in [1.807, 2.05) is 54.6 Å². The van der Waals surface area contributed by atoms with E-state index in [2.05, 4.69) is 133 Å². The summed E-state index contributed by atoms with van der Waals surface area (Å²) in [7, 11) is 0. The highest BCUT2D eigenvalue weighted by atomic mass is 32.1. The van der Waals surface area contributed by atoms with Crippen molar-refractivity contribution in [3.05, 3.63) is 176 Å². The molecule has 0 saturated heterocycles. The van der Waals surface area contributed by atoms with Gasteiger partial charge in [-0.25, -0.2) is 9.97 Å². The van der Waals surface area contributed by atoms with Gasteiger partial charge in [0.1, 0.15) is 27.2 Å². The lowest BCUT2D eigenvalue weighted by molar-refractivity contribution is 0.668. The molecule has 59 heavy (non-hydrogen) atoms. The van der Waals surface area contributed by atoms with E-state index in [1.54, 1.807) is 11.3 Å². The van der Waals surface area contributed by atoms with Crippen molar-refractivity contribution in [1.82, 2.24) is 14.5 Å². The average Bonchev–Trinajstić information content (AvgIpc) is 4.05. The van der Waals surface area contributed by atoms with Gasteiger partial charge in [-0.2, -0.15) is 0 Å². The normalized spacial score (nSPS) is 12.6. The first-order valence-electron chi connectivity index (χ1n) is 19.7. The van der Waals surface area contributed by atoms with Gasteiger partial charge in [0.05, 0.1) is 16.7 Å². The molecule has 5 aromatic heterocycles. The van der Waals surface area contributed by atoms with E-state index in [1.165, 1.54) is 16.3 Å². The van der Waals surface area contributed by atoms with Crippen LogP contribution in [-0.2, 0) is 0 Å². The van der Waals surface area contributed by atoms with Crippen LogP contribution in [0.5, 0.6) is 0 Å². The lowest BCUT2D eigenvalue weighted by atomic mass is 9.97. The van der Waals surface area contributed by atoms with Crippen LogP contribution in [-0.4, -0.2) is 14.5 Å². The van der Waals surface area contributed by atoms with Crippen LogP contribution in [0, 0.1) is 0 Å². The van der Waals surface area contributed by atoms with E-state index in [0.717, 1.165) is 103 Å². The quantitative estimate of drug-likeness (QED) is 0.158. The Labute approximate surface area is 342 Å². The third-order valence-corrected chi connectivity index (χ3v) is 12.7. The van der Waals surface area contributed by atoms with Gasteiger partial charge in [-0.05, 0) is 78.7 Å². The Balaban J connectivity index is 1.12. The molecule has 5 nitrogen and oxygen atoms in total. The Bertz CT molecular complexity index is 3780. The van der Waals surface area contributed by atoms with Crippen molar-refractivity contribution in [2.24, 2.45) is 0 Å². The Morgan fingerprint density at radius 3 is 1.92 bits per heavy atom. The van der Waals surface area contributed by atoms with Crippen molar-refractivity contribution in [1.29, 1.82) is 0 Å². The number of fused-ring (bicyclic) bond motifs is 12. The maximum Gasteiger partial charge on any atom is 0.162 e. The summed E-state index contributed by atoms with van der Waals surface area (Å²) in [6, 6.07) is 51.1. The molecule has 12 aromatic rings. The van der Waals surface area contributed by atoms with Gasteiger partial charge in [-0.15, -0.1) is 11.3 Å². The molecule has 0 unspecified atom stereocenters. The van der Waals surface area contributed by atoms with Gasteiger partial charge < -0.3 is 13.4 Å². The molecule has 7 aromatic carbocycles. The van der Waals surface area contributed by atoms with Gasteiger partial charge in [-0.1, -0.05) is 116 Å². The van der Waals surface area contributed by atoms with Crippen LogP contribution in [0.15, 0.2) is 185 Å². The fourth-order valence-electron chi connectivity index (χ4n) is 9.00. The predicted molar refractivity (Wildman–Crippen MR) is 248 cm³/mol. The van der Waals surface area contributed by atoms with E-state index < -0.39 is 0 Å². The zero-order chi connectivity index (χ0) is 39.2. The summed E-state index contributed by atoms with van der Waals surface area (Å²) in [6.45, 7) is 5.98. The largest absolute Gasteiger partial charge is 0.456 e. The first-order chi connectivity index (χ1) is 29.2. The van der Waals surface area contributed by atoms with Crippen molar-refractivity contribution in [3.63, 3.8) is 0 Å². The molecule has 12 rings (SSSR count). The standard InChI is InChI=1S/C53H33N3O2S/c1-3-5-14-33(4-2)56-41-20-9-6-15-34(41)39-29-31(25-27-42(39)56)32-26-28-47-40(30-32)50-51(37-18-12-23-45-48(37)35-16-7-10-21-43(35)57-45)54-52(55-53(50)59-47)38-19-13-24-46-49(38)36-17-8-11-22-44(36)58-46/h3-30H,1H2,2H3/b14-5-,33-4+. The summed E-state index contributed by atoms with van der Waals surface area (Å²) in [5.41, 5.74) is 11.8. The third kappa shape index (κ3) is 5.03. The van der Waals surface area contributed by atoms with Crippen molar-refractivity contribution in [2.45, 2.75) is 6.92 Å². The van der Waals surface area contributed by atoms with Crippen molar-refractivity contribution >= 4 is 103 Å². The minimum atomic E-state index is 0.659. The predicted octanol–water partition coefficient (Wildman–Crippen LogP) is 15.4. The number of rotatable bonds is 6. The number of aromatic nitrogens is 3. The molecule has 0 aliphatic carbocycles. The second kappa shape index (κ2) is 13.0. The highest BCUT2D eigenvalue weighted by molar-refractivity contribution is 7.25. The molecule has 0 radical (unpaired) electrons. The molecule has 5 heterocycles. The van der Waals surface area contributed by atoms with Gasteiger partial charge >= 0.3 is 0 Å². The van der Waals surface area contributed by atoms with Crippen LogP contribution in [0.1, 0.15) is 6.92 Å². The fraction of sp³-hybridized carbons (Fsp3) is 0.0189.